The van der Waals surface area contributed by atoms with E-state index in [1.807, 2.05) is 13.1 Å². The van der Waals surface area contributed by atoms with Gasteiger partial charge in [0.1, 0.15) is 11.5 Å². The molecule has 1 aromatic heterocycles. The topological polar surface area (TPSA) is 116 Å². The number of aromatic hydroxyl groups is 2. The van der Waals surface area contributed by atoms with Gasteiger partial charge in [-0.25, -0.2) is 0 Å². The molecule has 0 fully saturated rings. The van der Waals surface area contributed by atoms with Crippen LogP contribution in [-0.2, 0) is 6.54 Å². The highest BCUT2D eigenvalue weighted by Crippen LogP contribution is 2.34. The van der Waals surface area contributed by atoms with Gasteiger partial charge in [0.25, 0.3) is 0 Å². The summed E-state index contributed by atoms with van der Waals surface area (Å²) in [5.74, 6) is 1.31. The van der Waals surface area contributed by atoms with Crippen molar-refractivity contribution in [2.75, 3.05) is 33.9 Å². The van der Waals surface area contributed by atoms with E-state index in [0.29, 0.717) is 36.7 Å². The lowest BCUT2D eigenvalue weighted by Crippen LogP contribution is -2.20. The largest absolute Gasteiger partial charge is 0.506 e. The number of fused-ring (bicyclic) bond motifs is 1. The van der Waals surface area contributed by atoms with Crippen molar-refractivity contribution in [2.45, 2.75) is 32.2 Å². The van der Waals surface area contributed by atoms with Crippen LogP contribution in [0.4, 0.5) is 0 Å². The molecular formula is C25H33N3O5. The maximum Gasteiger partial charge on any atom is 0.248 e. The molecule has 8 nitrogen and oxygen atoms in total. The number of nitrogens with one attached hydrogen (secondary N) is 3. The van der Waals surface area contributed by atoms with E-state index in [2.05, 4.69) is 22.5 Å². The van der Waals surface area contributed by atoms with Crippen molar-refractivity contribution in [1.29, 1.82) is 0 Å². The molecule has 33 heavy (non-hydrogen) atoms. The quantitative estimate of drug-likeness (QED) is 0.266. The maximum atomic E-state index is 11.6. The number of hydrogen-bond donors (Lipinski definition) is 5. The van der Waals surface area contributed by atoms with Crippen LogP contribution in [0, 0.1) is 0 Å². The van der Waals surface area contributed by atoms with Gasteiger partial charge in [-0.3, -0.25) is 4.79 Å². The van der Waals surface area contributed by atoms with E-state index in [-0.39, 0.29) is 23.0 Å². The van der Waals surface area contributed by atoms with Crippen LogP contribution in [-0.4, -0.2) is 49.1 Å². The van der Waals surface area contributed by atoms with Crippen molar-refractivity contribution in [3.8, 4) is 23.0 Å². The number of rotatable bonds is 12. The number of methoxy groups -OCH3 is 1. The molecule has 8 heteroatoms. The zero-order valence-electron chi connectivity index (χ0n) is 19.4. The summed E-state index contributed by atoms with van der Waals surface area (Å²) < 4.78 is 11.2. The predicted molar refractivity (Wildman–Crippen MR) is 130 cm³/mol. The Balaban J connectivity index is 1.64. The second kappa shape index (κ2) is 11.6. The minimum absolute atomic E-state index is 0.0520. The lowest BCUT2D eigenvalue weighted by atomic mass is 9.96. The normalized spacial score (nSPS) is 12.1. The molecule has 0 saturated carbocycles. The van der Waals surface area contributed by atoms with Gasteiger partial charge in [0.2, 0.25) is 5.56 Å². The Bertz CT molecular complexity index is 1130. The Labute approximate surface area is 193 Å². The van der Waals surface area contributed by atoms with E-state index < -0.39 is 0 Å². The van der Waals surface area contributed by atoms with Crippen LogP contribution in [0.25, 0.3) is 10.9 Å². The lowest BCUT2D eigenvalue weighted by Gasteiger charge is -2.18. The molecule has 178 valence electrons. The van der Waals surface area contributed by atoms with Gasteiger partial charge in [0, 0.05) is 36.2 Å². The Hall–Kier alpha value is -3.23. The maximum absolute atomic E-state index is 11.6. The first-order valence-electron chi connectivity index (χ1n) is 11.2. The molecule has 5 N–H and O–H groups in total. The summed E-state index contributed by atoms with van der Waals surface area (Å²) >= 11 is 0. The van der Waals surface area contributed by atoms with E-state index in [4.69, 9.17) is 9.47 Å². The lowest BCUT2D eigenvalue weighted by molar-refractivity contribution is 0.287. The minimum atomic E-state index is -0.252. The Kier molecular flexibility index (Phi) is 8.57. The summed E-state index contributed by atoms with van der Waals surface area (Å²) in [6.45, 7) is 4.67. The molecule has 0 amide bonds. The van der Waals surface area contributed by atoms with Crippen LogP contribution >= 0.6 is 0 Å². The van der Waals surface area contributed by atoms with Gasteiger partial charge >= 0.3 is 0 Å². The molecule has 0 aliphatic heterocycles. The second-order valence-electron chi connectivity index (χ2n) is 8.11. The number of aromatic amines is 1. The number of ether oxygens (including phenoxy) is 2. The third-order valence-electron chi connectivity index (χ3n) is 5.64. The van der Waals surface area contributed by atoms with E-state index in [0.717, 1.165) is 35.9 Å². The summed E-state index contributed by atoms with van der Waals surface area (Å²) in [6.07, 6.45) is 1.89. The van der Waals surface area contributed by atoms with E-state index in [9.17, 15) is 15.0 Å². The molecule has 1 unspecified atom stereocenters. The molecule has 0 aliphatic carbocycles. The first-order valence-corrected chi connectivity index (χ1v) is 11.2. The van der Waals surface area contributed by atoms with Gasteiger partial charge in [-0.2, -0.15) is 0 Å². The molecule has 3 rings (SSSR count). The minimum Gasteiger partial charge on any atom is -0.506 e. The highest BCUT2D eigenvalue weighted by atomic mass is 16.5. The van der Waals surface area contributed by atoms with Gasteiger partial charge < -0.3 is 35.3 Å². The van der Waals surface area contributed by atoms with E-state index >= 15 is 0 Å². The molecule has 0 bridgehead atoms. The van der Waals surface area contributed by atoms with Crippen molar-refractivity contribution in [3.05, 3.63) is 57.9 Å². The highest BCUT2D eigenvalue weighted by molar-refractivity contribution is 5.87. The fourth-order valence-corrected chi connectivity index (χ4v) is 3.84. The standard InChI is InChI=1S/C25H33N3O5/c1-16(18-6-8-20(29)25-19(18)7-9-24(31)28-25)14-27-15-17-12-21(30)23(13-22(17)32-3)33-11-5-4-10-26-2/h6-9,12-13,16,26-27,29-30H,4-5,10-11,14-15H2,1-3H3,(H,28,31). The van der Waals surface area contributed by atoms with Crippen molar-refractivity contribution in [2.24, 2.45) is 0 Å². The second-order valence-corrected chi connectivity index (χ2v) is 8.11. The van der Waals surface area contributed by atoms with Crippen LogP contribution < -0.4 is 25.7 Å². The molecule has 1 heterocycles. The summed E-state index contributed by atoms with van der Waals surface area (Å²) in [6, 6.07) is 10.1. The first kappa shape index (κ1) is 24.4. The molecule has 0 aliphatic rings. The number of phenolic OH excluding ortho intramolecular Hbond substituents is 2. The average molecular weight is 456 g/mol. The molecule has 1 atom stereocenters. The van der Waals surface area contributed by atoms with Gasteiger partial charge in [-0.05, 0) is 56.1 Å². The third-order valence-corrected chi connectivity index (χ3v) is 5.64. The van der Waals surface area contributed by atoms with Crippen molar-refractivity contribution in [3.63, 3.8) is 0 Å². The highest BCUT2D eigenvalue weighted by Gasteiger charge is 2.14. The average Bonchev–Trinajstić information content (AvgIpc) is 2.80. The number of phenols is 2. The van der Waals surface area contributed by atoms with Crippen molar-refractivity contribution < 1.29 is 19.7 Å². The fraction of sp³-hybridized carbons (Fsp3) is 0.400. The summed E-state index contributed by atoms with van der Waals surface area (Å²) in [7, 11) is 3.51. The van der Waals surface area contributed by atoms with E-state index in [1.165, 1.54) is 6.07 Å². The van der Waals surface area contributed by atoms with Crippen LogP contribution in [0.1, 0.15) is 36.8 Å². The van der Waals surface area contributed by atoms with Crippen LogP contribution in [0.2, 0.25) is 0 Å². The number of aromatic nitrogens is 1. The Morgan fingerprint density at radius 1 is 1.06 bits per heavy atom. The Morgan fingerprint density at radius 3 is 2.64 bits per heavy atom. The summed E-state index contributed by atoms with van der Waals surface area (Å²) in [5, 5.41) is 27.8. The van der Waals surface area contributed by atoms with Crippen LogP contribution in [0.5, 0.6) is 23.0 Å². The van der Waals surface area contributed by atoms with E-state index in [1.54, 1.807) is 31.4 Å². The van der Waals surface area contributed by atoms with Gasteiger partial charge in [0.05, 0.1) is 19.2 Å². The number of hydrogen-bond acceptors (Lipinski definition) is 7. The van der Waals surface area contributed by atoms with Crippen LogP contribution in [0.15, 0.2) is 41.2 Å². The molecule has 2 aromatic carbocycles. The Morgan fingerprint density at radius 2 is 1.88 bits per heavy atom. The molecular weight excluding hydrogens is 422 g/mol. The van der Waals surface area contributed by atoms with Crippen molar-refractivity contribution in [1.82, 2.24) is 15.6 Å². The molecule has 0 saturated heterocycles. The summed E-state index contributed by atoms with van der Waals surface area (Å²) in [4.78, 5) is 14.3. The smallest absolute Gasteiger partial charge is 0.248 e. The van der Waals surface area contributed by atoms with Gasteiger partial charge in [0.15, 0.2) is 11.5 Å². The number of pyridine rings is 1. The third kappa shape index (κ3) is 6.18. The number of benzene rings is 2. The molecule has 0 spiro atoms. The number of H-pyrrole nitrogens is 1. The zero-order valence-corrected chi connectivity index (χ0v) is 19.4. The first-order chi connectivity index (χ1) is 15.9. The zero-order chi connectivity index (χ0) is 23.8. The fourth-order valence-electron chi connectivity index (χ4n) is 3.84. The van der Waals surface area contributed by atoms with Crippen LogP contribution in [0.3, 0.4) is 0 Å². The van der Waals surface area contributed by atoms with Crippen molar-refractivity contribution >= 4 is 10.9 Å². The molecule has 3 aromatic rings. The number of unbranched alkanes of at least 4 members (excludes halogenated alkanes) is 1. The summed E-state index contributed by atoms with van der Waals surface area (Å²) in [5.41, 5.74) is 2.03. The predicted octanol–water partition coefficient (Wildman–Crippen LogP) is 3.22. The molecule has 0 radical (unpaired) electrons. The van der Waals surface area contributed by atoms with Gasteiger partial charge in [-0.15, -0.1) is 0 Å². The van der Waals surface area contributed by atoms with Gasteiger partial charge in [-0.1, -0.05) is 13.0 Å². The monoisotopic (exact) mass is 455 g/mol. The SMILES string of the molecule is CNCCCCOc1cc(OC)c(CNCC(C)c2ccc(O)c3[nH]c(=O)ccc23)cc1O.